The lowest BCUT2D eigenvalue weighted by molar-refractivity contribution is -0.306. The van der Waals surface area contributed by atoms with Gasteiger partial charge in [0.25, 0.3) is 0 Å². The fourth-order valence-electron chi connectivity index (χ4n) is 9.07. The zero-order valence-corrected chi connectivity index (χ0v) is 25.4. The Kier molecular flexibility index (Phi) is 6.55. The van der Waals surface area contributed by atoms with E-state index in [4.69, 9.17) is 5.73 Å². The number of phenols is 1. The van der Waals surface area contributed by atoms with Crippen LogP contribution in [0, 0.1) is 34.5 Å². The number of thiophene rings is 1. The third-order valence-electron chi connectivity index (χ3n) is 11.3. The maximum atomic E-state index is 14.5. The van der Waals surface area contributed by atoms with Gasteiger partial charge in [-0.1, -0.05) is 58.9 Å². The van der Waals surface area contributed by atoms with Gasteiger partial charge in [0.1, 0.15) is 17.8 Å². The zero-order valence-electron chi connectivity index (χ0n) is 24.6. The molecule has 0 radical (unpaired) electrons. The molecule has 6 rings (SSSR count). The zero-order chi connectivity index (χ0) is 31.5. The van der Waals surface area contributed by atoms with Crippen molar-refractivity contribution in [2.45, 2.75) is 64.4 Å². The number of Topliss-reactive ketones (excluding diaryl/α,β-unsaturated/α-hetero) is 2. The van der Waals surface area contributed by atoms with Crippen molar-refractivity contribution in [1.29, 1.82) is 0 Å². The summed E-state index contributed by atoms with van der Waals surface area (Å²) in [6.07, 6.45) is -5.31. The van der Waals surface area contributed by atoms with Crippen molar-refractivity contribution in [1.82, 2.24) is 0 Å². The number of ketones is 2. The summed E-state index contributed by atoms with van der Waals surface area (Å²) >= 11 is 1.45. The molecule has 0 aliphatic heterocycles. The van der Waals surface area contributed by atoms with Crippen LogP contribution >= 0.6 is 11.3 Å². The molecule has 0 saturated heterocycles. The van der Waals surface area contributed by atoms with Gasteiger partial charge in [0.05, 0.1) is 23.7 Å². The molecule has 0 spiro atoms. The van der Waals surface area contributed by atoms with Gasteiger partial charge in [-0.05, 0) is 46.9 Å². The molecule has 1 aromatic heterocycles. The van der Waals surface area contributed by atoms with E-state index in [0.717, 1.165) is 15.0 Å². The quantitative estimate of drug-likeness (QED) is 0.246. The first-order valence-corrected chi connectivity index (χ1v) is 15.4. The number of primary amides is 1. The molecule has 228 valence electrons. The molecule has 2 aromatic carbocycles. The Morgan fingerprint density at radius 1 is 1.05 bits per heavy atom. The molecular formula is C33H37NO8S. The molecule has 1 amide bonds. The van der Waals surface area contributed by atoms with Crippen LogP contribution in [0.15, 0.2) is 42.5 Å². The predicted molar refractivity (Wildman–Crippen MR) is 160 cm³/mol. The van der Waals surface area contributed by atoms with Crippen LogP contribution in [-0.4, -0.2) is 66.9 Å². The van der Waals surface area contributed by atoms with E-state index >= 15 is 0 Å². The molecule has 4 unspecified atom stereocenters. The SMILES string of the molecule is CC(C)[C@H]1C(O)C(C(N)=O)C(=O)[C@]2(O)C(O)C3C(=O)c4c(ccc(-c5cc6ccccc6s5)c4O)[C@@H](C)[C@]3(C)[C@@H](O)[C@]12C. The van der Waals surface area contributed by atoms with Crippen LogP contribution in [0.2, 0.25) is 0 Å². The summed E-state index contributed by atoms with van der Waals surface area (Å²) in [5.41, 5.74) is 0.244. The average molecular weight is 608 g/mol. The van der Waals surface area contributed by atoms with Gasteiger partial charge in [0.15, 0.2) is 17.2 Å². The number of benzene rings is 2. The Balaban J connectivity index is 1.57. The molecule has 3 aliphatic rings. The van der Waals surface area contributed by atoms with Gasteiger partial charge >= 0.3 is 0 Å². The number of phenolic OH excluding ortho intramolecular Hbond substituents is 1. The number of amides is 1. The van der Waals surface area contributed by atoms with Crippen LogP contribution in [0.25, 0.3) is 20.5 Å². The van der Waals surface area contributed by atoms with E-state index in [9.17, 15) is 39.9 Å². The number of carbonyl (C=O) groups excluding carboxylic acids is 3. The van der Waals surface area contributed by atoms with E-state index in [0.29, 0.717) is 11.1 Å². The Hall–Kier alpha value is -3.15. The largest absolute Gasteiger partial charge is 0.506 e. The maximum absolute atomic E-state index is 14.5. The Labute approximate surface area is 253 Å². The van der Waals surface area contributed by atoms with E-state index in [2.05, 4.69) is 0 Å². The second-order valence-electron chi connectivity index (χ2n) is 13.4. The molecule has 0 bridgehead atoms. The number of fused-ring (bicyclic) bond motifs is 4. The minimum atomic E-state index is -2.81. The van der Waals surface area contributed by atoms with E-state index < -0.39 is 81.8 Å². The number of aliphatic hydroxyl groups excluding tert-OH is 3. The summed E-state index contributed by atoms with van der Waals surface area (Å²) in [7, 11) is 0. The Morgan fingerprint density at radius 2 is 1.70 bits per heavy atom. The van der Waals surface area contributed by atoms with Crippen LogP contribution in [0.5, 0.6) is 5.75 Å². The molecule has 9 nitrogen and oxygen atoms in total. The topological polar surface area (TPSA) is 178 Å². The van der Waals surface area contributed by atoms with Gasteiger partial charge in [-0.25, -0.2) is 0 Å². The first kappa shape index (κ1) is 29.9. The fraction of sp³-hybridized carbons (Fsp3) is 0.485. The highest BCUT2D eigenvalue weighted by molar-refractivity contribution is 7.22. The van der Waals surface area contributed by atoms with E-state index in [1.807, 2.05) is 30.3 Å². The summed E-state index contributed by atoms with van der Waals surface area (Å²) in [5.74, 6) is -8.98. The van der Waals surface area contributed by atoms with Crippen molar-refractivity contribution in [3.63, 3.8) is 0 Å². The lowest BCUT2D eigenvalue weighted by Crippen LogP contribution is -2.83. The standard InChI is InChI=1S/C33H37NO8S/c1-13(2)22-26(37)21(29(34)40)27(38)33(42)28(39)23-25(36)20-16(14(3)31(23,4)30(41)32(22,33)5)10-11-17(24(20)35)19-12-15-8-6-7-9-18(15)43-19/h6-14,21-23,26,28,30,35,37,39,41-42H,1-5H3,(H2,34,40)/t14-,21?,22+,23?,26?,28?,30-,31+,32+,33+/m1/s1. The number of hydrogen-bond acceptors (Lipinski definition) is 9. The molecule has 1 heterocycles. The highest BCUT2D eigenvalue weighted by Gasteiger charge is 2.80. The van der Waals surface area contributed by atoms with Gasteiger partial charge in [0.2, 0.25) is 5.91 Å². The summed E-state index contributed by atoms with van der Waals surface area (Å²) in [6.45, 7) is 8.28. The highest BCUT2D eigenvalue weighted by Crippen LogP contribution is 2.68. The van der Waals surface area contributed by atoms with Gasteiger partial charge in [-0.3, -0.25) is 14.4 Å². The number of carbonyl (C=O) groups is 3. The molecular weight excluding hydrogens is 570 g/mol. The predicted octanol–water partition coefficient (Wildman–Crippen LogP) is 2.99. The van der Waals surface area contributed by atoms with Crippen molar-refractivity contribution in [2.75, 3.05) is 0 Å². The van der Waals surface area contributed by atoms with Crippen LogP contribution < -0.4 is 5.73 Å². The normalized spacial score (nSPS) is 39.0. The maximum Gasteiger partial charge on any atom is 0.230 e. The average Bonchev–Trinajstić information content (AvgIpc) is 3.37. The van der Waals surface area contributed by atoms with Gasteiger partial charge in [0, 0.05) is 26.0 Å². The van der Waals surface area contributed by atoms with Crippen molar-refractivity contribution < 1.29 is 39.9 Å². The van der Waals surface area contributed by atoms with Crippen LogP contribution in [-0.2, 0) is 9.59 Å². The van der Waals surface area contributed by atoms with Crippen LogP contribution in [0.3, 0.4) is 0 Å². The molecule has 2 saturated carbocycles. The minimum Gasteiger partial charge on any atom is -0.506 e. The fourth-order valence-corrected chi connectivity index (χ4v) is 10.2. The van der Waals surface area contributed by atoms with Gasteiger partial charge in [-0.2, -0.15) is 0 Å². The molecule has 10 atom stereocenters. The van der Waals surface area contributed by atoms with Crippen molar-refractivity contribution >= 4 is 38.9 Å². The van der Waals surface area contributed by atoms with E-state index in [-0.39, 0.29) is 11.3 Å². The third kappa shape index (κ3) is 3.44. The van der Waals surface area contributed by atoms with Gasteiger partial charge < -0.3 is 31.3 Å². The number of aliphatic hydroxyl groups is 4. The second kappa shape index (κ2) is 9.42. The number of nitrogens with two attached hydrogens (primary N) is 1. The Bertz CT molecular complexity index is 1670. The van der Waals surface area contributed by atoms with Crippen molar-refractivity contribution in [3.05, 3.63) is 53.6 Å². The molecule has 43 heavy (non-hydrogen) atoms. The lowest BCUT2D eigenvalue weighted by Gasteiger charge is -2.69. The summed E-state index contributed by atoms with van der Waals surface area (Å²) in [4.78, 5) is 41.6. The highest BCUT2D eigenvalue weighted by atomic mass is 32.1. The van der Waals surface area contributed by atoms with Crippen molar-refractivity contribution in [2.24, 2.45) is 40.2 Å². The van der Waals surface area contributed by atoms with Crippen LogP contribution in [0.1, 0.15) is 56.5 Å². The summed E-state index contributed by atoms with van der Waals surface area (Å²) in [6, 6.07) is 13.1. The van der Waals surface area contributed by atoms with E-state index in [1.54, 1.807) is 39.8 Å². The number of aromatic hydroxyl groups is 1. The first-order valence-electron chi connectivity index (χ1n) is 14.5. The van der Waals surface area contributed by atoms with Crippen LogP contribution in [0.4, 0.5) is 0 Å². The molecule has 3 aliphatic carbocycles. The molecule has 3 aromatic rings. The smallest absolute Gasteiger partial charge is 0.230 e. The number of hydrogen-bond donors (Lipinski definition) is 6. The van der Waals surface area contributed by atoms with Crippen molar-refractivity contribution in [3.8, 4) is 16.2 Å². The monoisotopic (exact) mass is 607 g/mol. The second-order valence-corrected chi connectivity index (χ2v) is 14.5. The lowest BCUT2D eigenvalue weighted by atomic mass is 9.36. The number of rotatable bonds is 3. The van der Waals surface area contributed by atoms with Gasteiger partial charge in [-0.15, -0.1) is 11.3 Å². The molecule has 10 heteroatoms. The van der Waals surface area contributed by atoms with E-state index in [1.165, 1.54) is 18.3 Å². The minimum absolute atomic E-state index is 0.0430. The third-order valence-corrected chi connectivity index (χ3v) is 12.5. The molecule has 7 N–H and O–H groups in total. The summed E-state index contributed by atoms with van der Waals surface area (Å²) < 4.78 is 0.996. The summed E-state index contributed by atoms with van der Waals surface area (Å²) in [5, 5.41) is 60.6. The Morgan fingerprint density at radius 3 is 2.30 bits per heavy atom. The first-order chi connectivity index (χ1) is 20.1. The molecule has 2 fully saturated rings.